The summed E-state index contributed by atoms with van der Waals surface area (Å²) in [5.41, 5.74) is 6.20. The van der Waals surface area contributed by atoms with E-state index in [9.17, 15) is 17.9 Å². The summed E-state index contributed by atoms with van der Waals surface area (Å²) in [5, 5.41) is 9.37. The van der Waals surface area contributed by atoms with Crippen molar-refractivity contribution >= 4 is 15.7 Å². The zero-order chi connectivity index (χ0) is 15.5. The van der Waals surface area contributed by atoms with Gasteiger partial charge in [-0.05, 0) is 23.8 Å². The lowest BCUT2D eigenvalue weighted by Crippen LogP contribution is -2.31. The van der Waals surface area contributed by atoms with Crippen molar-refractivity contribution in [3.63, 3.8) is 0 Å². The van der Waals surface area contributed by atoms with Crippen LogP contribution in [0.2, 0.25) is 0 Å². The van der Waals surface area contributed by atoms with Gasteiger partial charge in [0.2, 0.25) is 10.0 Å². The van der Waals surface area contributed by atoms with Crippen molar-refractivity contribution < 1.29 is 17.9 Å². The number of aliphatic hydroxyl groups excluding tert-OH is 1. The Bertz CT molecular complexity index is 720. The van der Waals surface area contributed by atoms with Gasteiger partial charge in [-0.25, -0.2) is 17.5 Å². The summed E-state index contributed by atoms with van der Waals surface area (Å²) >= 11 is 0. The Hall–Kier alpha value is -1.96. The largest absolute Gasteiger partial charge is 0.399 e. The van der Waals surface area contributed by atoms with E-state index in [1.807, 2.05) is 0 Å². The molecule has 0 amide bonds. The van der Waals surface area contributed by atoms with Gasteiger partial charge in [-0.1, -0.05) is 30.3 Å². The average molecular weight is 310 g/mol. The molecule has 0 bridgehead atoms. The predicted octanol–water partition coefficient (Wildman–Crippen LogP) is 1.42. The molecule has 0 saturated carbocycles. The zero-order valence-electron chi connectivity index (χ0n) is 11.0. The maximum absolute atomic E-state index is 13.7. The van der Waals surface area contributed by atoms with Crippen LogP contribution < -0.4 is 10.5 Å². The molecule has 112 valence electrons. The van der Waals surface area contributed by atoms with E-state index in [0.29, 0.717) is 5.56 Å². The van der Waals surface area contributed by atoms with E-state index in [0.717, 1.165) is 12.1 Å². The number of nitrogen functional groups attached to an aromatic ring is 1. The van der Waals surface area contributed by atoms with E-state index in [1.165, 1.54) is 6.07 Å². The van der Waals surface area contributed by atoms with E-state index < -0.39 is 33.4 Å². The van der Waals surface area contributed by atoms with Crippen molar-refractivity contribution in [2.75, 3.05) is 12.3 Å². The molecule has 0 aromatic heterocycles. The van der Waals surface area contributed by atoms with Crippen LogP contribution in [0.1, 0.15) is 11.6 Å². The highest BCUT2D eigenvalue weighted by Crippen LogP contribution is 2.21. The Morgan fingerprint density at radius 1 is 1.19 bits per heavy atom. The van der Waals surface area contributed by atoms with Crippen molar-refractivity contribution in [2.24, 2.45) is 0 Å². The van der Waals surface area contributed by atoms with Crippen molar-refractivity contribution in [1.29, 1.82) is 0 Å². The summed E-state index contributed by atoms with van der Waals surface area (Å²) in [6.07, 6.45) is 0. The maximum atomic E-state index is 13.7. The second-order valence-electron chi connectivity index (χ2n) is 4.46. The SMILES string of the molecule is Nc1ccc(F)c(S(=O)(=O)N[C@H](CO)c2ccccc2)c1. The van der Waals surface area contributed by atoms with Crippen LogP contribution in [0, 0.1) is 5.82 Å². The lowest BCUT2D eigenvalue weighted by atomic mass is 10.1. The molecule has 4 N–H and O–H groups in total. The summed E-state index contributed by atoms with van der Waals surface area (Å²) in [6.45, 7) is -0.451. The number of nitrogens with two attached hydrogens (primary N) is 1. The van der Waals surface area contributed by atoms with Gasteiger partial charge in [0.1, 0.15) is 10.7 Å². The fourth-order valence-electron chi connectivity index (χ4n) is 1.87. The van der Waals surface area contributed by atoms with Gasteiger partial charge in [-0.3, -0.25) is 0 Å². The van der Waals surface area contributed by atoms with E-state index >= 15 is 0 Å². The normalized spacial score (nSPS) is 13.0. The second-order valence-corrected chi connectivity index (χ2v) is 6.14. The minimum absolute atomic E-state index is 0.136. The van der Waals surface area contributed by atoms with Crippen LogP contribution >= 0.6 is 0 Å². The van der Waals surface area contributed by atoms with Crippen molar-refractivity contribution in [3.8, 4) is 0 Å². The molecule has 21 heavy (non-hydrogen) atoms. The first-order valence-electron chi connectivity index (χ1n) is 6.17. The number of benzene rings is 2. The van der Waals surface area contributed by atoms with E-state index in [1.54, 1.807) is 30.3 Å². The van der Waals surface area contributed by atoms with Gasteiger partial charge in [0, 0.05) is 5.69 Å². The van der Waals surface area contributed by atoms with Gasteiger partial charge in [0.25, 0.3) is 0 Å². The number of halogens is 1. The van der Waals surface area contributed by atoms with Gasteiger partial charge in [0.05, 0.1) is 12.6 Å². The molecule has 0 radical (unpaired) electrons. The van der Waals surface area contributed by atoms with Crippen molar-refractivity contribution in [3.05, 3.63) is 59.9 Å². The summed E-state index contributed by atoms with van der Waals surface area (Å²) in [5.74, 6) is -0.901. The highest BCUT2D eigenvalue weighted by Gasteiger charge is 2.24. The molecular weight excluding hydrogens is 295 g/mol. The average Bonchev–Trinajstić information content (AvgIpc) is 2.48. The van der Waals surface area contributed by atoms with Gasteiger partial charge in [-0.15, -0.1) is 0 Å². The third kappa shape index (κ3) is 3.57. The Kier molecular flexibility index (Phi) is 4.56. The minimum atomic E-state index is -4.14. The van der Waals surface area contributed by atoms with Crippen LogP contribution in [-0.4, -0.2) is 20.1 Å². The van der Waals surface area contributed by atoms with Gasteiger partial charge >= 0.3 is 0 Å². The third-order valence-corrected chi connectivity index (χ3v) is 4.41. The Labute approximate surface area is 122 Å². The fourth-order valence-corrected chi connectivity index (χ4v) is 3.20. The number of anilines is 1. The molecule has 2 rings (SSSR count). The van der Waals surface area contributed by atoms with E-state index in [-0.39, 0.29) is 5.69 Å². The number of nitrogens with one attached hydrogen (secondary N) is 1. The number of aliphatic hydroxyl groups is 1. The Balaban J connectivity index is 2.34. The summed E-state index contributed by atoms with van der Waals surface area (Å²) in [6, 6.07) is 11.0. The fraction of sp³-hybridized carbons (Fsp3) is 0.143. The summed E-state index contributed by atoms with van der Waals surface area (Å²) in [7, 11) is -4.14. The Morgan fingerprint density at radius 3 is 2.48 bits per heavy atom. The molecule has 7 heteroatoms. The van der Waals surface area contributed by atoms with Crippen molar-refractivity contribution in [2.45, 2.75) is 10.9 Å². The van der Waals surface area contributed by atoms with Crippen LogP contribution in [0.15, 0.2) is 53.4 Å². The molecule has 0 saturated heterocycles. The molecule has 2 aromatic rings. The van der Waals surface area contributed by atoms with Crippen LogP contribution in [0.4, 0.5) is 10.1 Å². The quantitative estimate of drug-likeness (QED) is 0.728. The molecule has 0 aliphatic carbocycles. The topological polar surface area (TPSA) is 92.4 Å². The summed E-state index contributed by atoms with van der Waals surface area (Å²) in [4.78, 5) is -0.545. The number of sulfonamides is 1. The van der Waals surface area contributed by atoms with Gasteiger partial charge < -0.3 is 10.8 Å². The van der Waals surface area contributed by atoms with Crippen LogP contribution in [0.25, 0.3) is 0 Å². The number of hydrogen-bond acceptors (Lipinski definition) is 4. The maximum Gasteiger partial charge on any atom is 0.244 e. The zero-order valence-corrected chi connectivity index (χ0v) is 11.8. The monoisotopic (exact) mass is 310 g/mol. The summed E-state index contributed by atoms with van der Waals surface area (Å²) < 4.78 is 40.4. The molecule has 0 fully saturated rings. The van der Waals surface area contributed by atoms with E-state index in [2.05, 4.69) is 4.72 Å². The van der Waals surface area contributed by atoms with Crippen molar-refractivity contribution in [1.82, 2.24) is 4.72 Å². The third-order valence-electron chi connectivity index (χ3n) is 2.93. The standard InChI is InChI=1S/C14H15FN2O3S/c15-12-7-6-11(16)8-14(12)21(19,20)17-13(9-18)10-4-2-1-3-5-10/h1-8,13,17-18H,9,16H2/t13-/m1/s1. The lowest BCUT2D eigenvalue weighted by Gasteiger charge is -2.17. The first-order valence-corrected chi connectivity index (χ1v) is 7.65. The van der Waals surface area contributed by atoms with Crippen LogP contribution in [0.5, 0.6) is 0 Å². The highest BCUT2D eigenvalue weighted by atomic mass is 32.2. The molecule has 0 heterocycles. The first kappa shape index (κ1) is 15.4. The second kappa shape index (κ2) is 6.21. The molecule has 0 spiro atoms. The predicted molar refractivity (Wildman–Crippen MR) is 77.4 cm³/mol. The molecule has 5 nitrogen and oxygen atoms in total. The van der Waals surface area contributed by atoms with Gasteiger partial charge in [-0.2, -0.15) is 0 Å². The number of hydrogen-bond donors (Lipinski definition) is 3. The smallest absolute Gasteiger partial charge is 0.244 e. The van der Waals surface area contributed by atoms with Crippen LogP contribution in [-0.2, 0) is 10.0 Å². The number of rotatable bonds is 5. The van der Waals surface area contributed by atoms with Gasteiger partial charge in [0.15, 0.2) is 0 Å². The molecule has 0 aliphatic heterocycles. The molecule has 0 aliphatic rings. The first-order chi connectivity index (χ1) is 9.94. The lowest BCUT2D eigenvalue weighted by molar-refractivity contribution is 0.258. The van der Waals surface area contributed by atoms with Crippen LogP contribution in [0.3, 0.4) is 0 Å². The van der Waals surface area contributed by atoms with E-state index in [4.69, 9.17) is 5.73 Å². The Morgan fingerprint density at radius 2 is 1.86 bits per heavy atom. The molecule has 2 aromatic carbocycles. The highest BCUT2D eigenvalue weighted by molar-refractivity contribution is 7.89. The molecule has 0 unspecified atom stereocenters. The minimum Gasteiger partial charge on any atom is -0.399 e. The molecule has 1 atom stereocenters. The molecular formula is C14H15FN2O3S.